The Balaban J connectivity index is 0.925. The average Bonchev–Trinajstić information content (AvgIpc) is 4.05. The largest absolute Gasteiger partial charge is 0.309 e. The molecule has 0 fully saturated rings. The molecule has 6 heteroatoms. The molecular weight excluding hydrogens is 913 g/mol. The van der Waals surface area contributed by atoms with Crippen LogP contribution in [0.15, 0.2) is 200 Å². The maximum absolute atomic E-state index is 5.26. The Morgan fingerprint density at radius 2 is 0.493 bits per heavy atom. The smallest absolute Gasteiger partial charge is 0.164 e. The second-order valence-corrected chi connectivity index (χ2v) is 23.5. The molecule has 0 saturated heterocycles. The molecule has 75 heavy (non-hydrogen) atoms. The van der Waals surface area contributed by atoms with Crippen LogP contribution in [0.2, 0.25) is 0 Å². The summed E-state index contributed by atoms with van der Waals surface area (Å²) in [6.45, 7) is 20.5. The summed E-state index contributed by atoms with van der Waals surface area (Å²) in [5.74, 6) is 1.84. The van der Waals surface area contributed by atoms with Crippen LogP contribution >= 0.6 is 0 Å². The predicted octanol–water partition coefficient (Wildman–Crippen LogP) is 18.1. The van der Waals surface area contributed by atoms with Gasteiger partial charge in [0.15, 0.2) is 17.5 Å². The molecule has 9 aromatic carbocycles. The highest BCUT2D eigenvalue weighted by atomic mass is 15.0. The summed E-state index contributed by atoms with van der Waals surface area (Å²) in [6.07, 6.45) is 0. The zero-order valence-electron chi connectivity index (χ0n) is 44.2. The summed E-state index contributed by atoms with van der Waals surface area (Å²) >= 11 is 0. The summed E-state index contributed by atoms with van der Waals surface area (Å²) < 4.78 is 7.11. The van der Waals surface area contributed by atoms with E-state index in [1.807, 2.05) is 0 Å². The molecule has 0 N–H and O–H groups in total. The van der Waals surface area contributed by atoms with Crippen molar-refractivity contribution in [2.24, 2.45) is 0 Å². The molecule has 0 radical (unpaired) electrons. The molecule has 0 unspecified atom stereocenters. The Bertz CT molecular complexity index is 3910. The molecule has 366 valence electrons. The van der Waals surface area contributed by atoms with Crippen molar-refractivity contribution in [3.63, 3.8) is 0 Å². The van der Waals surface area contributed by atoms with Crippen molar-refractivity contribution in [1.29, 1.82) is 0 Å². The van der Waals surface area contributed by atoms with Gasteiger partial charge in [0.25, 0.3) is 0 Å². The molecule has 0 bridgehead atoms. The van der Waals surface area contributed by atoms with Gasteiger partial charge in [-0.15, -0.1) is 0 Å². The highest BCUT2D eigenvalue weighted by Gasteiger charge is 2.22. The van der Waals surface area contributed by atoms with E-state index in [-0.39, 0.29) is 16.2 Å². The lowest BCUT2D eigenvalue weighted by Crippen LogP contribution is -2.10. The van der Waals surface area contributed by atoms with Gasteiger partial charge in [-0.25, -0.2) is 15.0 Å². The van der Waals surface area contributed by atoms with Crippen molar-refractivity contribution in [3.05, 3.63) is 217 Å². The number of benzene rings is 9. The van der Waals surface area contributed by atoms with Crippen molar-refractivity contribution in [1.82, 2.24) is 28.7 Å². The number of fused-ring (bicyclic) bond motifs is 9. The van der Waals surface area contributed by atoms with E-state index in [1.54, 1.807) is 0 Å². The van der Waals surface area contributed by atoms with Gasteiger partial charge in [-0.1, -0.05) is 135 Å². The molecule has 0 aliphatic heterocycles. The van der Waals surface area contributed by atoms with Gasteiger partial charge in [0.05, 0.1) is 33.1 Å². The van der Waals surface area contributed by atoms with E-state index >= 15 is 0 Å². The fourth-order valence-corrected chi connectivity index (χ4v) is 11.2. The second kappa shape index (κ2) is 17.0. The lowest BCUT2D eigenvalue weighted by molar-refractivity contribution is 0.591. The third-order valence-corrected chi connectivity index (χ3v) is 15.4. The first-order valence-corrected chi connectivity index (χ1v) is 26.3. The standard InChI is InChI=1S/C69H60N6/c1-67(2,3)46-28-37-61-55(40-46)52-16-10-13-19-58(52)73(61)49-31-22-43(23-32-49)64-70-65(44-24-33-50(34-25-44)74-59-20-14-11-17-53(59)56-41-47(68(4,5)6)29-38-62(56)74)72-66(71-64)45-26-35-51(36-27-45)75-60-21-15-12-18-54(60)57-42-48(69(7,8)9)30-39-63(57)75/h10-42H,1-9H3. The van der Waals surface area contributed by atoms with Crippen molar-refractivity contribution in [3.8, 4) is 51.2 Å². The molecular formula is C69H60N6. The molecule has 0 atom stereocenters. The first-order chi connectivity index (χ1) is 36.1. The third kappa shape index (κ3) is 7.81. The normalized spacial score (nSPS) is 12.6. The van der Waals surface area contributed by atoms with Crippen LogP contribution in [0.1, 0.15) is 79.0 Å². The van der Waals surface area contributed by atoms with Gasteiger partial charge < -0.3 is 13.7 Å². The van der Waals surface area contributed by atoms with E-state index < -0.39 is 0 Å². The topological polar surface area (TPSA) is 53.5 Å². The van der Waals surface area contributed by atoms with Crippen molar-refractivity contribution < 1.29 is 0 Å². The van der Waals surface area contributed by atoms with E-state index in [9.17, 15) is 0 Å². The van der Waals surface area contributed by atoms with E-state index in [1.165, 1.54) is 82.1 Å². The van der Waals surface area contributed by atoms with E-state index in [4.69, 9.17) is 15.0 Å². The van der Waals surface area contributed by atoms with Crippen LogP contribution in [0.25, 0.3) is 117 Å². The lowest BCUT2D eigenvalue weighted by Gasteiger charge is -2.19. The number of hydrogen-bond acceptors (Lipinski definition) is 3. The monoisotopic (exact) mass is 972 g/mol. The average molecular weight is 973 g/mol. The summed E-state index contributed by atoms with van der Waals surface area (Å²) in [6, 6.07) is 72.9. The molecule has 0 spiro atoms. The minimum Gasteiger partial charge on any atom is -0.309 e. The fourth-order valence-electron chi connectivity index (χ4n) is 11.2. The van der Waals surface area contributed by atoms with Gasteiger partial charge in [0.2, 0.25) is 0 Å². The molecule has 6 nitrogen and oxygen atoms in total. The third-order valence-electron chi connectivity index (χ3n) is 15.4. The molecule has 0 saturated carbocycles. The van der Waals surface area contributed by atoms with Crippen LogP contribution in [0.3, 0.4) is 0 Å². The molecule has 4 aromatic heterocycles. The molecule has 0 aliphatic carbocycles. The maximum atomic E-state index is 5.26. The molecule has 0 aliphatic rings. The zero-order chi connectivity index (χ0) is 51.5. The molecule has 13 rings (SSSR count). The van der Waals surface area contributed by atoms with Crippen LogP contribution in [0.5, 0.6) is 0 Å². The van der Waals surface area contributed by atoms with Gasteiger partial charge in [-0.2, -0.15) is 0 Å². The quantitative estimate of drug-likeness (QED) is 0.167. The summed E-state index contributed by atoms with van der Waals surface area (Å²) in [7, 11) is 0. The van der Waals surface area contributed by atoms with Crippen molar-refractivity contribution in [2.75, 3.05) is 0 Å². The fraction of sp³-hybridized carbons (Fsp3) is 0.174. The molecule has 0 amide bonds. The van der Waals surface area contributed by atoms with Crippen molar-refractivity contribution in [2.45, 2.75) is 78.6 Å². The Labute approximate surface area is 438 Å². The van der Waals surface area contributed by atoms with Gasteiger partial charge >= 0.3 is 0 Å². The van der Waals surface area contributed by atoms with Crippen LogP contribution in [0, 0.1) is 0 Å². The van der Waals surface area contributed by atoms with E-state index in [2.05, 4.69) is 276 Å². The van der Waals surface area contributed by atoms with Crippen LogP contribution in [-0.2, 0) is 16.2 Å². The number of nitrogens with zero attached hydrogens (tertiary/aromatic N) is 6. The van der Waals surface area contributed by atoms with E-state index in [0.29, 0.717) is 17.5 Å². The Kier molecular flexibility index (Phi) is 10.5. The SMILES string of the molecule is CC(C)(C)c1ccc2c(c1)c1ccccc1n2-c1ccc(-c2nc(-c3ccc(-n4c5ccccc5c5cc(C(C)(C)C)ccc54)cc3)nc(-c3ccc(-n4c5ccccc5c5cc(C(C)(C)C)ccc54)cc3)n2)cc1. The summed E-state index contributed by atoms with van der Waals surface area (Å²) in [5, 5.41) is 7.50. The minimum atomic E-state index is 0.0393. The zero-order valence-corrected chi connectivity index (χ0v) is 44.2. The Morgan fingerprint density at radius 1 is 0.253 bits per heavy atom. The highest BCUT2D eigenvalue weighted by Crippen LogP contribution is 2.40. The van der Waals surface area contributed by atoms with Gasteiger partial charge in [-0.3, -0.25) is 0 Å². The first kappa shape index (κ1) is 46.2. The summed E-state index contributed by atoms with van der Waals surface area (Å²) in [5.41, 5.74) is 17.1. The van der Waals surface area contributed by atoms with Crippen LogP contribution in [0.4, 0.5) is 0 Å². The second-order valence-electron chi connectivity index (χ2n) is 23.5. The van der Waals surface area contributed by atoms with Gasteiger partial charge in [0, 0.05) is 66.1 Å². The number of para-hydroxylation sites is 3. The Morgan fingerprint density at radius 3 is 0.747 bits per heavy atom. The highest BCUT2D eigenvalue weighted by molar-refractivity contribution is 6.11. The van der Waals surface area contributed by atoms with E-state index in [0.717, 1.165) is 33.8 Å². The lowest BCUT2D eigenvalue weighted by atomic mass is 9.86. The van der Waals surface area contributed by atoms with Gasteiger partial charge in [-0.05, 0) is 160 Å². The first-order valence-electron chi connectivity index (χ1n) is 26.3. The van der Waals surface area contributed by atoms with Crippen LogP contribution < -0.4 is 0 Å². The minimum absolute atomic E-state index is 0.0393. The number of hydrogen-bond donors (Lipinski definition) is 0. The van der Waals surface area contributed by atoms with Crippen LogP contribution in [-0.4, -0.2) is 28.7 Å². The molecule has 4 heterocycles. The van der Waals surface area contributed by atoms with Gasteiger partial charge in [0.1, 0.15) is 0 Å². The number of rotatable bonds is 6. The molecule has 13 aromatic rings. The number of aromatic nitrogens is 6. The maximum Gasteiger partial charge on any atom is 0.164 e. The predicted molar refractivity (Wildman–Crippen MR) is 315 cm³/mol. The van der Waals surface area contributed by atoms with Crippen molar-refractivity contribution >= 4 is 65.4 Å². The Hall–Kier alpha value is -8.61. The summed E-state index contributed by atoms with van der Waals surface area (Å²) in [4.78, 5) is 15.8.